The molecule has 1 aliphatic rings. The number of anilines is 3. The predicted molar refractivity (Wildman–Crippen MR) is 109 cm³/mol. The highest BCUT2D eigenvalue weighted by molar-refractivity contribution is 7.89. The average molecular weight is 395 g/mol. The van der Waals surface area contributed by atoms with Gasteiger partial charge in [0, 0.05) is 25.0 Å². The zero-order valence-corrected chi connectivity index (χ0v) is 16.2. The summed E-state index contributed by atoms with van der Waals surface area (Å²) in [6, 6.07) is 17.3. The van der Waals surface area contributed by atoms with Gasteiger partial charge in [0.05, 0.1) is 4.90 Å². The van der Waals surface area contributed by atoms with Gasteiger partial charge in [0.25, 0.3) is 0 Å². The molecule has 1 aromatic heterocycles. The fourth-order valence-electron chi connectivity index (χ4n) is 3.08. The van der Waals surface area contributed by atoms with E-state index in [9.17, 15) is 8.42 Å². The molecule has 3 aromatic rings. The van der Waals surface area contributed by atoms with Gasteiger partial charge in [-0.1, -0.05) is 43.3 Å². The Hall–Kier alpha value is -2.97. The van der Waals surface area contributed by atoms with Gasteiger partial charge in [0.2, 0.25) is 16.0 Å². The van der Waals surface area contributed by atoms with Crippen molar-refractivity contribution in [2.24, 2.45) is 0 Å². The molecule has 0 amide bonds. The minimum absolute atomic E-state index is 0.295. The molecule has 0 saturated carbocycles. The van der Waals surface area contributed by atoms with Crippen molar-refractivity contribution in [2.45, 2.75) is 24.3 Å². The molecule has 0 fully saturated rings. The van der Waals surface area contributed by atoms with Gasteiger partial charge < -0.3 is 10.6 Å². The van der Waals surface area contributed by atoms with Gasteiger partial charge >= 0.3 is 0 Å². The van der Waals surface area contributed by atoms with Crippen molar-refractivity contribution in [3.63, 3.8) is 0 Å². The van der Waals surface area contributed by atoms with E-state index in [4.69, 9.17) is 0 Å². The van der Waals surface area contributed by atoms with Crippen LogP contribution in [0.1, 0.15) is 24.0 Å². The second-order valence-corrected chi connectivity index (χ2v) is 8.47. The summed E-state index contributed by atoms with van der Waals surface area (Å²) in [6.45, 7) is 3.22. The molecular formula is C20H21N5O2S. The number of hydrogen-bond acceptors (Lipinski definition) is 6. The summed E-state index contributed by atoms with van der Waals surface area (Å²) >= 11 is 0. The third kappa shape index (κ3) is 3.97. The molecule has 4 rings (SSSR count). The van der Waals surface area contributed by atoms with Crippen molar-refractivity contribution in [3.8, 4) is 0 Å². The molecule has 1 aliphatic heterocycles. The van der Waals surface area contributed by atoms with E-state index in [0.29, 0.717) is 34.8 Å². The Morgan fingerprint density at radius 2 is 1.96 bits per heavy atom. The average Bonchev–Trinajstić information content (AvgIpc) is 3.01. The number of fused-ring (bicyclic) bond motifs is 1. The number of aromatic nitrogens is 2. The largest absolute Gasteiger partial charge is 0.369 e. The van der Waals surface area contributed by atoms with Crippen LogP contribution in [0.25, 0.3) is 0 Å². The van der Waals surface area contributed by atoms with Crippen molar-refractivity contribution in [1.82, 2.24) is 14.7 Å². The molecule has 0 radical (unpaired) electrons. The molecule has 2 aromatic carbocycles. The molecule has 0 bridgehead atoms. The molecule has 0 unspecified atom stereocenters. The Labute approximate surface area is 164 Å². The minimum atomic E-state index is -3.42. The second kappa shape index (κ2) is 7.57. The maximum Gasteiger partial charge on any atom is 0.241 e. The van der Waals surface area contributed by atoms with E-state index in [1.54, 1.807) is 24.4 Å². The number of nitrogens with zero attached hydrogens (tertiary/aromatic N) is 2. The predicted octanol–water partition coefficient (Wildman–Crippen LogP) is 3.23. The third-order valence-electron chi connectivity index (χ3n) is 4.68. The normalized spacial score (nSPS) is 15.6. The first-order chi connectivity index (χ1) is 13.5. The van der Waals surface area contributed by atoms with Gasteiger partial charge in [-0.3, -0.25) is 0 Å². The van der Waals surface area contributed by atoms with Gasteiger partial charge in [-0.25, -0.2) is 18.1 Å². The van der Waals surface area contributed by atoms with Crippen molar-refractivity contribution in [2.75, 3.05) is 17.2 Å². The summed E-state index contributed by atoms with van der Waals surface area (Å²) in [5, 5.41) is 6.40. The quantitative estimate of drug-likeness (QED) is 0.593. The highest BCUT2D eigenvalue weighted by atomic mass is 32.2. The fourth-order valence-corrected chi connectivity index (χ4v) is 4.35. The number of sulfonamides is 1. The van der Waals surface area contributed by atoms with Crippen LogP contribution in [-0.2, 0) is 16.6 Å². The molecule has 2 heterocycles. The lowest BCUT2D eigenvalue weighted by Gasteiger charge is -2.14. The first-order valence-corrected chi connectivity index (χ1v) is 10.5. The van der Waals surface area contributed by atoms with Gasteiger partial charge in [-0.2, -0.15) is 4.98 Å². The van der Waals surface area contributed by atoms with Crippen LogP contribution >= 0.6 is 0 Å². The zero-order valence-electron chi connectivity index (χ0n) is 15.4. The molecule has 7 nitrogen and oxygen atoms in total. The molecule has 0 spiro atoms. The highest BCUT2D eigenvalue weighted by Gasteiger charge is 2.25. The van der Waals surface area contributed by atoms with E-state index in [2.05, 4.69) is 44.4 Å². The van der Waals surface area contributed by atoms with E-state index in [-0.39, 0.29) is 0 Å². The number of hydrogen-bond donors (Lipinski definition) is 3. The van der Waals surface area contributed by atoms with Crippen LogP contribution in [0.2, 0.25) is 0 Å². The number of benzene rings is 2. The molecule has 0 aliphatic carbocycles. The van der Waals surface area contributed by atoms with E-state index >= 15 is 0 Å². The summed E-state index contributed by atoms with van der Waals surface area (Å²) in [5.41, 5.74) is 2.65. The second-order valence-electron chi connectivity index (χ2n) is 6.73. The van der Waals surface area contributed by atoms with E-state index < -0.39 is 10.0 Å². The van der Waals surface area contributed by atoms with Crippen LogP contribution in [-0.4, -0.2) is 24.9 Å². The molecule has 28 heavy (non-hydrogen) atoms. The Morgan fingerprint density at radius 3 is 2.79 bits per heavy atom. The van der Waals surface area contributed by atoms with Crippen molar-refractivity contribution in [1.29, 1.82) is 0 Å². The van der Waals surface area contributed by atoms with Crippen LogP contribution in [0.3, 0.4) is 0 Å². The van der Waals surface area contributed by atoms with Crippen LogP contribution in [0.5, 0.6) is 0 Å². The van der Waals surface area contributed by atoms with Crippen LogP contribution in [0, 0.1) is 0 Å². The summed E-state index contributed by atoms with van der Waals surface area (Å²) in [7, 11) is -3.42. The third-order valence-corrected chi connectivity index (χ3v) is 6.16. The lowest BCUT2D eigenvalue weighted by atomic mass is 10.0. The lowest BCUT2D eigenvalue weighted by Crippen LogP contribution is -2.13. The van der Waals surface area contributed by atoms with Crippen LogP contribution in [0.15, 0.2) is 65.7 Å². The summed E-state index contributed by atoms with van der Waals surface area (Å²) < 4.78 is 26.5. The van der Waals surface area contributed by atoms with Gasteiger partial charge in [-0.15, -0.1) is 0 Å². The fraction of sp³-hybridized carbons (Fsp3) is 0.200. The van der Waals surface area contributed by atoms with Gasteiger partial charge in [0.15, 0.2) is 0 Å². The Bertz CT molecular complexity index is 1090. The van der Waals surface area contributed by atoms with E-state index in [1.165, 1.54) is 5.56 Å². The van der Waals surface area contributed by atoms with Crippen molar-refractivity contribution >= 4 is 27.5 Å². The van der Waals surface area contributed by atoms with E-state index in [0.717, 1.165) is 12.1 Å². The Balaban J connectivity index is 1.45. The zero-order chi connectivity index (χ0) is 19.6. The van der Waals surface area contributed by atoms with Crippen LogP contribution < -0.4 is 15.4 Å². The monoisotopic (exact) mass is 395 g/mol. The summed E-state index contributed by atoms with van der Waals surface area (Å²) in [4.78, 5) is 8.98. The first-order valence-electron chi connectivity index (χ1n) is 9.03. The van der Waals surface area contributed by atoms with Gasteiger partial charge in [0.1, 0.15) is 5.82 Å². The van der Waals surface area contributed by atoms with Crippen molar-refractivity contribution < 1.29 is 8.42 Å². The molecule has 0 saturated heterocycles. The summed E-state index contributed by atoms with van der Waals surface area (Å²) in [6.07, 6.45) is 1.66. The SMILES string of the molecule is C[C@H](CNc1ccnc(Nc2ccc3c(c2)S(=O)(=O)NC3)n1)c1ccccc1. The molecule has 144 valence electrons. The Morgan fingerprint density at radius 1 is 1.14 bits per heavy atom. The molecule has 8 heteroatoms. The molecule has 1 atom stereocenters. The minimum Gasteiger partial charge on any atom is -0.369 e. The first kappa shape index (κ1) is 18.4. The molecular weight excluding hydrogens is 374 g/mol. The van der Waals surface area contributed by atoms with Crippen molar-refractivity contribution in [3.05, 3.63) is 71.9 Å². The topological polar surface area (TPSA) is 96.0 Å². The smallest absolute Gasteiger partial charge is 0.241 e. The maximum absolute atomic E-state index is 12.0. The van der Waals surface area contributed by atoms with Gasteiger partial charge in [-0.05, 0) is 35.2 Å². The number of nitrogens with one attached hydrogen (secondary N) is 3. The maximum atomic E-state index is 12.0. The Kier molecular flexibility index (Phi) is 4.97. The highest BCUT2D eigenvalue weighted by Crippen LogP contribution is 2.26. The standard InChI is InChI=1S/C20H21N5O2S/c1-14(15-5-3-2-4-6-15)12-22-19-9-10-21-20(25-19)24-17-8-7-16-13-23-28(26,27)18(16)11-17/h2-11,14,23H,12-13H2,1H3,(H2,21,22,24,25)/t14-/m1/s1. The lowest BCUT2D eigenvalue weighted by molar-refractivity contribution is 0.589. The van der Waals surface area contributed by atoms with E-state index in [1.807, 2.05) is 24.3 Å². The molecule has 3 N–H and O–H groups in total. The summed E-state index contributed by atoms with van der Waals surface area (Å²) in [5.74, 6) is 1.44. The number of rotatable bonds is 6. The van der Waals surface area contributed by atoms with Crippen LogP contribution in [0.4, 0.5) is 17.5 Å².